The first-order valence-electron chi connectivity index (χ1n) is 11.0. The quantitative estimate of drug-likeness (QED) is 0.324. The van der Waals surface area contributed by atoms with Crippen molar-refractivity contribution < 1.29 is 22.0 Å². The predicted molar refractivity (Wildman–Crippen MR) is 137 cm³/mol. The fraction of sp³-hybridized carbons (Fsp3) is 0.148. The Morgan fingerprint density at radius 1 is 1.09 bits per heavy atom. The lowest BCUT2D eigenvalue weighted by Gasteiger charge is -2.25. The summed E-state index contributed by atoms with van der Waals surface area (Å²) in [4.78, 5) is 13.0. The summed E-state index contributed by atoms with van der Waals surface area (Å²) in [7, 11) is -2.13. The molecule has 35 heavy (non-hydrogen) atoms. The smallest absolute Gasteiger partial charge is 0.255 e. The van der Waals surface area contributed by atoms with Gasteiger partial charge in [-0.2, -0.15) is 0 Å². The highest BCUT2D eigenvalue weighted by Crippen LogP contribution is 2.41. The first-order valence-corrected chi connectivity index (χ1v) is 12.8. The minimum Gasteiger partial charge on any atom is -0.455 e. The number of fused-ring (bicyclic) bond motifs is 1. The molecule has 0 unspecified atom stereocenters. The van der Waals surface area contributed by atoms with Crippen molar-refractivity contribution in [2.45, 2.75) is 6.42 Å². The summed E-state index contributed by atoms with van der Waals surface area (Å²) in [5.41, 5.74) is 2.99. The van der Waals surface area contributed by atoms with Gasteiger partial charge in [-0.25, -0.2) is 12.8 Å². The third-order valence-electron chi connectivity index (χ3n) is 5.66. The van der Waals surface area contributed by atoms with E-state index < -0.39 is 15.8 Å². The van der Waals surface area contributed by atoms with Crippen LogP contribution in [0.2, 0.25) is 0 Å². The molecule has 4 aromatic rings. The summed E-state index contributed by atoms with van der Waals surface area (Å²) in [6, 6.07) is 18.4. The van der Waals surface area contributed by atoms with E-state index in [4.69, 9.17) is 4.42 Å². The number of rotatable bonds is 8. The van der Waals surface area contributed by atoms with E-state index in [1.54, 1.807) is 18.2 Å². The zero-order valence-corrected chi connectivity index (χ0v) is 20.2. The van der Waals surface area contributed by atoms with E-state index >= 15 is 0 Å². The zero-order chi connectivity index (χ0) is 25.2. The molecule has 4 rings (SSSR count). The van der Waals surface area contributed by atoms with Gasteiger partial charge in [0.15, 0.2) is 0 Å². The molecular formula is C27H25FN2O4S. The fourth-order valence-corrected chi connectivity index (χ4v) is 4.96. The fourth-order valence-electron chi connectivity index (χ4n) is 4.02. The van der Waals surface area contributed by atoms with E-state index in [0.29, 0.717) is 34.2 Å². The van der Waals surface area contributed by atoms with Gasteiger partial charge in [0.25, 0.3) is 5.91 Å². The second kappa shape index (κ2) is 9.76. The van der Waals surface area contributed by atoms with Crippen LogP contribution in [0, 0.1) is 5.82 Å². The zero-order valence-electron chi connectivity index (χ0n) is 19.4. The molecule has 1 N–H and O–H groups in total. The number of nitrogens with zero attached hydrogens (tertiary/aromatic N) is 1. The van der Waals surface area contributed by atoms with Gasteiger partial charge < -0.3 is 9.73 Å². The summed E-state index contributed by atoms with van der Waals surface area (Å²) < 4.78 is 46.6. The van der Waals surface area contributed by atoms with Crippen LogP contribution in [0.25, 0.3) is 33.4 Å². The van der Waals surface area contributed by atoms with Gasteiger partial charge in [0.2, 0.25) is 10.0 Å². The van der Waals surface area contributed by atoms with Gasteiger partial charge in [-0.3, -0.25) is 9.10 Å². The van der Waals surface area contributed by atoms with Crippen LogP contribution in [0.15, 0.2) is 83.8 Å². The van der Waals surface area contributed by atoms with Gasteiger partial charge in [-0.15, -0.1) is 6.58 Å². The van der Waals surface area contributed by atoms with E-state index in [1.807, 2.05) is 30.3 Å². The molecule has 0 atom stereocenters. The molecule has 6 nitrogen and oxygen atoms in total. The molecule has 0 aliphatic rings. The number of hydrogen-bond acceptors (Lipinski definition) is 4. The molecule has 0 radical (unpaired) electrons. The molecule has 1 aromatic heterocycles. The van der Waals surface area contributed by atoms with Crippen LogP contribution in [0.5, 0.6) is 0 Å². The summed E-state index contributed by atoms with van der Waals surface area (Å²) in [6.07, 6.45) is 3.25. The van der Waals surface area contributed by atoms with E-state index in [1.165, 1.54) is 35.6 Å². The molecule has 0 aliphatic heterocycles. The Balaban J connectivity index is 2.07. The lowest BCUT2D eigenvalue weighted by molar-refractivity contribution is 0.0964. The maximum Gasteiger partial charge on any atom is 0.255 e. The highest BCUT2D eigenvalue weighted by atomic mass is 32.2. The topological polar surface area (TPSA) is 79.6 Å². The average Bonchev–Trinajstić information content (AvgIpc) is 3.22. The molecule has 0 bridgehead atoms. The predicted octanol–water partition coefficient (Wildman–Crippen LogP) is 5.61. The Labute approximate surface area is 203 Å². The maximum atomic E-state index is 13.5. The molecule has 1 amide bonds. The minimum absolute atomic E-state index is 0.196. The van der Waals surface area contributed by atoms with Crippen molar-refractivity contribution in [1.29, 1.82) is 0 Å². The number of hydrogen-bond donors (Lipinski definition) is 1. The number of carbonyl (C=O) groups is 1. The second-order valence-corrected chi connectivity index (χ2v) is 9.94. The highest BCUT2D eigenvalue weighted by molar-refractivity contribution is 7.92. The summed E-state index contributed by atoms with van der Waals surface area (Å²) >= 11 is 0. The molecule has 180 valence electrons. The van der Waals surface area contributed by atoms with Gasteiger partial charge in [-0.05, 0) is 42.3 Å². The number of amides is 1. The average molecular weight is 493 g/mol. The van der Waals surface area contributed by atoms with Crippen LogP contribution in [0.4, 0.5) is 10.1 Å². The van der Waals surface area contributed by atoms with E-state index in [0.717, 1.165) is 11.8 Å². The minimum atomic E-state index is -3.65. The number of anilines is 1. The molecule has 0 saturated heterocycles. The molecule has 0 aliphatic carbocycles. The monoisotopic (exact) mass is 492 g/mol. The Morgan fingerprint density at radius 2 is 1.77 bits per heavy atom. The molecule has 0 fully saturated rings. The van der Waals surface area contributed by atoms with Crippen molar-refractivity contribution in [2.75, 3.05) is 24.2 Å². The van der Waals surface area contributed by atoms with Gasteiger partial charge >= 0.3 is 0 Å². The van der Waals surface area contributed by atoms with Gasteiger partial charge in [0.05, 0.1) is 17.5 Å². The number of furan rings is 1. The van der Waals surface area contributed by atoms with Gasteiger partial charge in [0, 0.05) is 36.2 Å². The maximum absolute atomic E-state index is 13.5. The van der Waals surface area contributed by atoms with E-state index in [9.17, 15) is 17.6 Å². The number of carbonyl (C=O) groups excluding carboxylic acids is 1. The van der Waals surface area contributed by atoms with Crippen molar-refractivity contribution in [2.24, 2.45) is 0 Å². The van der Waals surface area contributed by atoms with Gasteiger partial charge in [0.1, 0.15) is 17.2 Å². The lowest BCUT2D eigenvalue weighted by atomic mass is 9.98. The Kier molecular flexibility index (Phi) is 6.75. The van der Waals surface area contributed by atoms with Crippen molar-refractivity contribution >= 4 is 32.6 Å². The Morgan fingerprint density at radius 3 is 2.37 bits per heavy atom. The van der Waals surface area contributed by atoms with Crippen molar-refractivity contribution in [3.8, 4) is 22.5 Å². The molecule has 3 aromatic carbocycles. The van der Waals surface area contributed by atoms with Gasteiger partial charge in [-0.1, -0.05) is 36.4 Å². The Bertz CT molecular complexity index is 1490. The van der Waals surface area contributed by atoms with Crippen LogP contribution < -0.4 is 9.62 Å². The summed E-state index contributed by atoms with van der Waals surface area (Å²) in [6.45, 7) is 3.91. The van der Waals surface area contributed by atoms with Crippen LogP contribution >= 0.6 is 0 Å². The lowest BCUT2D eigenvalue weighted by Crippen LogP contribution is -2.31. The number of benzene rings is 3. The van der Waals surface area contributed by atoms with Crippen LogP contribution in [-0.2, 0) is 10.0 Å². The molecule has 0 spiro atoms. The number of sulfonamides is 1. The van der Waals surface area contributed by atoms with Crippen LogP contribution in [-0.4, -0.2) is 34.2 Å². The highest BCUT2D eigenvalue weighted by Gasteiger charge is 2.27. The van der Waals surface area contributed by atoms with Crippen LogP contribution in [0.1, 0.15) is 16.8 Å². The third-order valence-corrected chi connectivity index (χ3v) is 6.84. The first-order chi connectivity index (χ1) is 16.7. The number of nitrogens with one attached hydrogen (secondary N) is 1. The summed E-state index contributed by atoms with van der Waals surface area (Å²) in [5, 5.41) is 3.16. The molecule has 0 saturated carbocycles. The molecule has 1 heterocycles. The standard InChI is InChI=1S/C27H25FN2O4S/c1-4-5-15-30(35(3,32)33)23-17-24-22(16-21(23)18-9-7-6-8-10-18)25(27(31)29-2)26(34-24)19-11-13-20(28)14-12-19/h4,6-14,16-17H,1,5,15H2,2-3H3,(H,29,31). The Hall–Kier alpha value is -3.91. The largest absolute Gasteiger partial charge is 0.455 e. The third kappa shape index (κ3) is 4.83. The van der Waals surface area contributed by atoms with E-state index in [-0.39, 0.29) is 23.8 Å². The van der Waals surface area contributed by atoms with Crippen molar-refractivity contribution in [3.05, 3.63) is 90.8 Å². The van der Waals surface area contributed by atoms with E-state index in [2.05, 4.69) is 11.9 Å². The summed E-state index contributed by atoms with van der Waals surface area (Å²) in [5.74, 6) is -0.514. The van der Waals surface area contributed by atoms with Crippen molar-refractivity contribution in [3.63, 3.8) is 0 Å². The molecule has 8 heteroatoms. The normalized spacial score (nSPS) is 11.4. The molecular weight excluding hydrogens is 467 g/mol. The SMILES string of the molecule is C=CCCN(c1cc2oc(-c3ccc(F)cc3)c(C(=O)NC)c2cc1-c1ccccc1)S(C)(=O)=O. The van der Waals surface area contributed by atoms with Crippen LogP contribution in [0.3, 0.4) is 0 Å². The van der Waals surface area contributed by atoms with Crippen molar-refractivity contribution in [1.82, 2.24) is 5.32 Å². The first kappa shape index (κ1) is 24.2. The number of halogens is 1. The second-order valence-electron chi connectivity index (χ2n) is 8.04.